The Kier molecular flexibility index (Phi) is 6.39. The minimum atomic E-state index is -0.760. The highest BCUT2D eigenvalue weighted by Gasteiger charge is 2.27. The number of carbonyl (C=O) groups is 2. The van der Waals surface area contributed by atoms with E-state index in [1.165, 1.54) is 12.5 Å². The number of carbonyl (C=O) groups excluding carboxylic acids is 2. The van der Waals surface area contributed by atoms with Gasteiger partial charge < -0.3 is 14.5 Å². The van der Waals surface area contributed by atoms with Crippen LogP contribution in [0.3, 0.4) is 0 Å². The van der Waals surface area contributed by atoms with Crippen molar-refractivity contribution in [2.45, 2.75) is 46.1 Å². The second-order valence-electron chi connectivity index (χ2n) is 8.63. The van der Waals surface area contributed by atoms with E-state index in [9.17, 15) is 9.59 Å². The smallest absolute Gasteiger partial charge is 0.303 e. The molecule has 1 saturated heterocycles. The molecule has 2 aromatic rings. The molecule has 7 heteroatoms. The molecule has 0 radical (unpaired) electrons. The molecule has 160 valence electrons. The average molecular weight is 411 g/mol. The molecule has 30 heavy (non-hydrogen) atoms. The zero-order valence-corrected chi connectivity index (χ0v) is 18.4. The molecule has 1 fully saturated rings. The molecule has 1 aliphatic rings. The minimum absolute atomic E-state index is 0.111. The Morgan fingerprint density at radius 1 is 1.03 bits per heavy atom. The zero-order valence-electron chi connectivity index (χ0n) is 18.4. The van der Waals surface area contributed by atoms with E-state index >= 15 is 0 Å². The first-order valence-electron chi connectivity index (χ1n) is 10.3. The summed E-state index contributed by atoms with van der Waals surface area (Å²) in [5.74, 6) is 0.0428. The van der Waals surface area contributed by atoms with Crippen LogP contribution in [0.1, 0.15) is 40.2 Å². The van der Waals surface area contributed by atoms with Gasteiger partial charge in [0.2, 0.25) is 5.95 Å². The molecule has 0 spiro atoms. The third kappa shape index (κ3) is 5.14. The summed E-state index contributed by atoms with van der Waals surface area (Å²) >= 11 is 0. The molecular formula is C23H30N4O3. The third-order valence-electron chi connectivity index (χ3n) is 5.25. The van der Waals surface area contributed by atoms with Crippen molar-refractivity contribution in [3.8, 4) is 11.3 Å². The number of piperazine rings is 1. The molecule has 1 aliphatic heterocycles. The number of esters is 1. The van der Waals surface area contributed by atoms with Crippen molar-refractivity contribution >= 4 is 17.8 Å². The standard InChI is InChI=1S/C23H30N4O3/c1-16(30-17(2)28)21(29)26-12-14-27(15-13-26)22-24-11-10-20(25-22)18-6-8-19(9-7-18)23(3,4)5/h6-11,16H,12-15H2,1-5H3/t16-/m0/s1. The van der Waals surface area contributed by atoms with Crippen LogP contribution in [0, 0.1) is 0 Å². The number of hydrogen-bond donors (Lipinski definition) is 0. The van der Waals surface area contributed by atoms with E-state index in [4.69, 9.17) is 9.72 Å². The summed E-state index contributed by atoms with van der Waals surface area (Å²) in [5, 5.41) is 0. The number of benzene rings is 1. The summed E-state index contributed by atoms with van der Waals surface area (Å²) in [4.78, 5) is 36.5. The van der Waals surface area contributed by atoms with Crippen LogP contribution >= 0.6 is 0 Å². The van der Waals surface area contributed by atoms with E-state index in [0.717, 1.165) is 11.3 Å². The van der Waals surface area contributed by atoms with E-state index in [1.807, 2.05) is 6.07 Å². The van der Waals surface area contributed by atoms with E-state index in [0.29, 0.717) is 32.1 Å². The summed E-state index contributed by atoms with van der Waals surface area (Å²) in [5.41, 5.74) is 3.32. The van der Waals surface area contributed by atoms with Crippen LogP contribution in [0.15, 0.2) is 36.5 Å². The van der Waals surface area contributed by atoms with E-state index in [1.54, 1.807) is 18.0 Å². The molecule has 1 aromatic carbocycles. The average Bonchev–Trinajstić information content (AvgIpc) is 2.72. The normalized spacial score (nSPS) is 15.6. The molecular weight excluding hydrogens is 380 g/mol. The SMILES string of the molecule is CC(=O)O[C@@H](C)C(=O)N1CCN(c2nccc(-c3ccc(C(C)(C)C)cc3)n2)CC1. The highest BCUT2D eigenvalue weighted by molar-refractivity contribution is 5.83. The number of nitrogens with zero attached hydrogens (tertiary/aromatic N) is 4. The molecule has 7 nitrogen and oxygen atoms in total. The van der Waals surface area contributed by atoms with Crippen LogP contribution in [-0.2, 0) is 19.7 Å². The predicted molar refractivity (Wildman–Crippen MR) is 116 cm³/mol. The lowest BCUT2D eigenvalue weighted by Gasteiger charge is -2.35. The number of aromatic nitrogens is 2. The molecule has 1 amide bonds. The summed E-state index contributed by atoms with van der Waals surface area (Å²) in [7, 11) is 0. The fourth-order valence-electron chi connectivity index (χ4n) is 3.49. The van der Waals surface area contributed by atoms with Gasteiger partial charge >= 0.3 is 5.97 Å². The van der Waals surface area contributed by atoms with Gasteiger partial charge in [-0.3, -0.25) is 9.59 Å². The van der Waals surface area contributed by atoms with Crippen molar-refractivity contribution in [2.24, 2.45) is 0 Å². The first-order chi connectivity index (χ1) is 14.1. The monoisotopic (exact) mass is 410 g/mol. The molecule has 0 unspecified atom stereocenters. The van der Waals surface area contributed by atoms with Gasteiger partial charge in [-0.1, -0.05) is 45.0 Å². The van der Waals surface area contributed by atoms with Crippen LogP contribution in [0.4, 0.5) is 5.95 Å². The van der Waals surface area contributed by atoms with Crippen molar-refractivity contribution in [1.82, 2.24) is 14.9 Å². The van der Waals surface area contributed by atoms with Crippen LogP contribution in [0.5, 0.6) is 0 Å². The Balaban J connectivity index is 1.66. The summed E-state index contributed by atoms with van der Waals surface area (Å²) in [6, 6.07) is 10.4. The first kappa shape index (κ1) is 21.7. The Morgan fingerprint density at radius 2 is 1.67 bits per heavy atom. The van der Waals surface area contributed by atoms with Gasteiger partial charge in [-0.15, -0.1) is 0 Å². The maximum absolute atomic E-state index is 12.4. The first-order valence-corrected chi connectivity index (χ1v) is 10.3. The Morgan fingerprint density at radius 3 is 2.23 bits per heavy atom. The molecule has 0 N–H and O–H groups in total. The number of amides is 1. The third-order valence-corrected chi connectivity index (χ3v) is 5.25. The highest BCUT2D eigenvalue weighted by Crippen LogP contribution is 2.26. The summed E-state index contributed by atoms with van der Waals surface area (Å²) in [6.07, 6.45) is 1.01. The second kappa shape index (κ2) is 8.81. The fraction of sp³-hybridized carbons (Fsp3) is 0.478. The fourth-order valence-corrected chi connectivity index (χ4v) is 3.49. The molecule has 1 atom stereocenters. The van der Waals surface area contributed by atoms with Crippen LogP contribution < -0.4 is 4.90 Å². The predicted octanol–water partition coefficient (Wildman–Crippen LogP) is 3.04. The summed E-state index contributed by atoms with van der Waals surface area (Å²) < 4.78 is 5.00. The van der Waals surface area contributed by atoms with Crippen LogP contribution in [0.25, 0.3) is 11.3 Å². The van der Waals surface area contributed by atoms with E-state index in [-0.39, 0.29) is 11.3 Å². The van der Waals surface area contributed by atoms with Crippen molar-refractivity contribution in [2.75, 3.05) is 31.1 Å². The van der Waals surface area contributed by atoms with Crippen molar-refractivity contribution in [1.29, 1.82) is 0 Å². The number of ether oxygens (including phenoxy) is 1. The molecule has 3 rings (SSSR count). The number of hydrogen-bond acceptors (Lipinski definition) is 6. The van der Waals surface area contributed by atoms with E-state index in [2.05, 4.69) is 54.9 Å². The zero-order chi connectivity index (χ0) is 21.9. The molecule has 1 aromatic heterocycles. The lowest BCUT2D eigenvalue weighted by molar-refractivity contribution is -0.157. The largest absolute Gasteiger partial charge is 0.453 e. The summed E-state index contributed by atoms with van der Waals surface area (Å²) in [6.45, 7) is 11.8. The Labute approximate surface area is 178 Å². The van der Waals surface area contributed by atoms with Gasteiger partial charge in [0, 0.05) is 44.9 Å². The van der Waals surface area contributed by atoms with Crippen LogP contribution in [0.2, 0.25) is 0 Å². The highest BCUT2D eigenvalue weighted by atomic mass is 16.5. The minimum Gasteiger partial charge on any atom is -0.453 e. The lowest BCUT2D eigenvalue weighted by Crippen LogP contribution is -2.52. The maximum atomic E-state index is 12.4. The topological polar surface area (TPSA) is 75.6 Å². The quantitative estimate of drug-likeness (QED) is 0.721. The molecule has 0 aliphatic carbocycles. The second-order valence-corrected chi connectivity index (χ2v) is 8.63. The molecule has 0 bridgehead atoms. The van der Waals surface area contributed by atoms with Crippen molar-refractivity contribution in [3.05, 3.63) is 42.1 Å². The lowest BCUT2D eigenvalue weighted by atomic mass is 9.86. The van der Waals surface area contributed by atoms with E-state index < -0.39 is 12.1 Å². The maximum Gasteiger partial charge on any atom is 0.303 e. The van der Waals surface area contributed by atoms with Gasteiger partial charge in [0.1, 0.15) is 0 Å². The number of rotatable bonds is 4. The van der Waals surface area contributed by atoms with Gasteiger partial charge in [-0.25, -0.2) is 9.97 Å². The Bertz CT molecular complexity index is 897. The van der Waals surface area contributed by atoms with Crippen molar-refractivity contribution < 1.29 is 14.3 Å². The van der Waals surface area contributed by atoms with Gasteiger partial charge in [0.05, 0.1) is 5.69 Å². The van der Waals surface area contributed by atoms with Crippen molar-refractivity contribution in [3.63, 3.8) is 0 Å². The van der Waals surface area contributed by atoms with Gasteiger partial charge in [-0.2, -0.15) is 0 Å². The molecule has 0 saturated carbocycles. The van der Waals surface area contributed by atoms with Gasteiger partial charge in [-0.05, 0) is 24.0 Å². The van der Waals surface area contributed by atoms with Crippen LogP contribution in [-0.4, -0.2) is 59.0 Å². The molecule has 2 heterocycles. The number of anilines is 1. The Hall–Kier alpha value is -2.96. The van der Waals surface area contributed by atoms with Gasteiger partial charge in [0.15, 0.2) is 6.10 Å². The van der Waals surface area contributed by atoms with Gasteiger partial charge in [0.25, 0.3) is 5.91 Å².